The summed E-state index contributed by atoms with van der Waals surface area (Å²) in [6.07, 6.45) is 0. The van der Waals surface area contributed by atoms with Crippen LogP contribution in [-0.2, 0) is 0 Å². The highest BCUT2D eigenvalue weighted by Crippen LogP contribution is 2.33. The second kappa shape index (κ2) is 9.65. The Morgan fingerprint density at radius 3 is 2.50 bits per heavy atom. The summed E-state index contributed by atoms with van der Waals surface area (Å²) in [7, 11) is 3.99. The Bertz CT molecular complexity index is 955. The van der Waals surface area contributed by atoms with E-state index in [2.05, 4.69) is 9.88 Å². The number of aryl methyl sites for hydroxylation is 2. The monoisotopic (exact) mass is 440 g/mol. The lowest BCUT2D eigenvalue weighted by Gasteiger charge is -2.21. The van der Waals surface area contributed by atoms with E-state index in [1.54, 1.807) is 4.90 Å². The number of likely N-dealkylation sites (N-methyl/N-ethyl adjacent to an activating group) is 1. The van der Waals surface area contributed by atoms with Gasteiger partial charge >= 0.3 is 0 Å². The molecule has 0 fully saturated rings. The van der Waals surface area contributed by atoms with E-state index in [0.717, 1.165) is 33.2 Å². The van der Waals surface area contributed by atoms with Gasteiger partial charge < -0.3 is 9.64 Å². The van der Waals surface area contributed by atoms with Crippen LogP contribution >= 0.6 is 35.1 Å². The molecule has 152 valence electrons. The van der Waals surface area contributed by atoms with Gasteiger partial charge in [-0.05, 0) is 53.1 Å². The largest absolute Gasteiger partial charge is 0.494 e. The molecule has 0 aliphatic carbocycles. The van der Waals surface area contributed by atoms with Crippen molar-refractivity contribution in [2.75, 3.05) is 38.7 Å². The lowest BCUT2D eigenvalue weighted by molar-refractivity contribution is 0.0988. The topological polar surface area (TPSA) is 58.6 Å². The summed E-state index contributed by atoms with van der Waals surface area (Å²) < 4.78 is 6.59. The quantitative estimate of drug-likeness (QED) is 0.545. The number of benzene rings is 1. The Kier molecular flexibility index (Phi) is 7.77. The van der Waals surface area contributed by atoms with Crippen molar-refractivity contribution in [1.29, 1.82) is 0 Å². The van der Waals surface area contributed by atoms with Crippen LogP contribution in [0.2, 0.25) is 0 Å². The molecule has 6 nitrogen and oxygen atoms in total. The fourth-order valence-corrected chi connectivity index (χ4v) is 4.59. The molecule has 2 aromatic heterocycles. The molecule has 2 heterocycles. The first-order valence-electron chi connectivity index (χ1n) is 8.83. The molecule has 9 heteroatoms. The van der Waals surface area contributed by atoms with Crippen LogP contribution in [-0.4, -0.2) is 54.6 Å². The summed E-state index contributed by atoms with van der Waals surface area (Å²) in [6.45, 7) is 7.71. The van der Waals surface area contributed by atoms with Crippen molar-refractivity contribution in [3.05, 3.63) is 33.8 Å². The number of aromatic nitrogens is 2. The Labute approximate surface area is 179 Å². The molecule has 1 amide bonds. The van der Waals surface area contributed by atoms with E-state index in [1.165, 1.54) is 22.7 Å². The third-order valence-corrected chi connectivity index (χ3v) is 6.11. The number of fused-ring (bicyclic) bond motifs is 1. The molecule has 0 saturated heterocycles. The molecule has 0 atom stereocenters. The first-order chi connectivity index (χ1) is 12.9. The fourth-order valence-electron chi connectivity index (χ4n) is 2.70. The van der Waals surface area contributed by atoms with Crippen LogP contribution in [0, 0.1) is 13.8 Å². The standard InChI is InChI=1S/C19H24N4O2S2.ClH/c1-6-25-14-7-8-15-16(11-14)27-19(21-15)23(10-9-22(4)5)18(24)17-12(2)20-13(3)26-17;/h7-8,11H,6,9-10H2,1-5H3;1H. The van der Waals surface area contributed by atoms with E-state index in [-0.39, 0.29) is 18.3 Å². The van der Waals surface area contributed by atoms with Crippen molar-refractivity contribution in [1.82, 2.24) is 14.9 Å². The zero-order chi connectivity index (χ0) is 19.6. The molecule has 0 saturated carbocycles. The number of carbonyl (C=O) groups is 1. The average Bonchev–Trinajstić information content (AvgIpc) is 3.17. The van der Waals surface area contributed by atoms with Crippen LogP contribution in [0.3, 0.4) is 0 Å². The molecule has 0 N–H and O–H groups in total. The Morgan fingerprint density at radius 2 is 1.89 bits per heavy atom. The first-order valence-corrected chi connectivity index (χ1v) is 10.5. The highest BCUT2D eigenvalue weighted by atomic mass is 35.5. The van der Waals surface area contributed by atoms with E-state index < -0.39 is 0 Å². The van der Waals surface area contributed by atoms with E-state index >= 15 is 0 Å². The van der Waals surface area contributed by atoms with E-state index in [4.69, 9.17) is 9.72 Å². The highest BCUT2D eigenvalue weighted by molar-refractivity contribution is 7.22. The summed E-state index contributed by atoms with van der Waals surface area (Å²) in [5, 5.41) is 1.60. The molecule has 28 heavy (non-hydrogen) atoms. The van der Waals surface area contributed by atoms with Crippen LogP contribution in [0.5, 0.6) is 5.75 Å². The minimum atomic E-state index is -0.0379. The van der Waals surface area contributed by atoms with Crippen molar-refractivity contribution >= 4 is 56.3 Å². The van der Waals surface area contributed by atoms with Crippen LogP contribution < -0.4 is 9.64 Å². The third-order valence-electron chi connectivity index (χ3n) is 4.00. The number of hydrogen-bond donors (Lipinski definition) is 0. The molecule has 0 radical (unpaired) electrons. The predicted molar refractivity (Wildman–Crippen MR) is 120 cm³/mol. The van der Waals surface area contributed by atoms with Crippen molar-refractivity contribution in [3.63, 3.8) is 0 Å². The zero-order valence-electron chi connectivity index (χ0n) is 16.7. The summed E-state index contributed by atoms with van der Waals surface area (Å²) in [4.78, 5) is 26.9. The zero-order valence-corrected chi connectivity index (χ0v) is 19.1. The van der Waals surface area contributed by atoms with Crippen LogP contribution in [0.15, 0.2) is 18.2 Å². The van der Waals surface area contributed by atoms with E-state index in [0.29, 0.717) is 23.2 Å². The Hall–Kier alpha value is -1.74. The van der Waals surface area contributed by atoms with Crippen molar-refractivity contribution in [2.24, 2.45) is 0 Å². The van der Waals surface area contributed by atoms with E-state index in [1.807, 2.05) is 53.1 Å². The Balaban J connectivity index is 0.00000280. The summed E-state index contributed by atoms with van der Waals surface area (Å²) in [5.74, 6) is 0.782. The second-order valence-electron chi connectivity index (χ2n) is 6.47. The molecule has 0 spiro atoms. The summed E-state index contributed by atoms with van der Waals surface area (Å²) >= 11 is 2.95. The predicted octanol–water partition coefficient (Wildman–Crippen LogP) is 4.40. The number of rotatable bonds is 7. The van der Waals surface area contributed by atoms with Gasteiger partial charge in [0.15, 0.2) is 5.13 Å². The number of amides is 1. The van der Waals surface area contributed by atoms with Crippen molar-refractivity contribution in [2.45, 2.75) is 20.8 Å². The smallest absolute Gasteiger partial charge is 0.272 e. The highest BCUT2D eigenvalue weighted by Gasteiger charge is 2.25. The molecule has 1 aromatic carbocycles. The minimum Gasteiger partial charge on any atom is -0.494 e. The van der Waals surface area contributed by atoms with Crippen LogP contribution in [0.25, 0.3) is 10.2 Å². The summed E-state index contributed by atoms with van der Waals surface area (Å²) in [5.41, 5.74) is 1.65. The van der Waals surface area contributed by atoms with Crippen LogP contribution in [0.1, 0.15) is 27.3 Å². The number of anilines is 1. The van der Waals surface area contributed by atoms with Gasteiger partial charge in [0.05, 0.1) is 27.5 Å². The third kappa shape index (κ3) is 5.00. The molecule has 0 bridgehead atoms. The van der Waals surface area contributed by atoms with Gasteiger partial charge in [-0.1, -0.05) is 11.3 Å². The number of hydrogen-bond acceptors (Lipinski definition) is 7. The van der Waals surface area contributed by atoms with E-state index in [9.17, 15) is 4.79 Å². The normalized spacial score (nSPS) is 10.9. The lowest BCUT2D eigenvalue weighted by atomic mass is 10.3. The molecular formula is C19H25ClN4O2S2. The maximum absolute atomic E-state index is 13.3. The van der Waals surface area contributed by atoms with Gasteiger partial charge in [0.25, 0.3) is 5.91 Å². The van der Waals surface area contributed by atoms with Crippen LogP contribution in [0.4, 0.5) is 5.13 Å². The fraction of sp³-hybridized carbons (Fsp3) is 0.421. The van der Waals surface area contributed by atoms with Gasteiger partial charge in [0, 0.05) is 13.1 Å². The maximum atomic E-state index is 13.3. The average molecular weight is 441 g/mol. The molecule has 0 aliphatic rings. The van der Waals surface area contributed by atoms with Gasteiger partial charge in [-0.15, -0.1) is 23.7 Å². The van der Waals surface area contributed by atoms with Crippen molar-refractivity contribution < 1.29 is 9.53 Å². The second-order valence-corrected chi connectivity index (χ2v) is 8.68. The van der Waals surface area contributed by atoms with Gasteiger partial charge in [-0.25, -0.2) is 9.97 Å². The summed E-state index contributed by atoms with van der Waals surface area (Å²) in [6, 6.07) is 5.84. The molecule has 3 rings (SSSR count). The number of halogens is 1. The SMILES string of the molecule is CCOc1ccc2nc(N(CCN(C)C)C(=O)c3sc(C)nc3C)sc2c1.Cl. The maximum Gasteiger partial charge on any atom is 0.272 e. The molecule has 0 aliphatic heterocycles. The number of carbonyl (C=O) groups excluding carboxylic acids is 1. The number of nitrogens with zero attached hydrogens (tertiary/aromatic N) is 4. The molecule has 0 unspecified atom stereocenters. The lowest BCUT2D eigenvalue weighted by Crippen LogP contribution is -2.36. The van der Waals surface area contributed by atoms with Gasteiger partial charge in [0.1, 0.15) is 10.6 Å². The molecular weight excluding hydrogens is 416 g/mol. The Morgan fingerprint density at radius 1 is 1.14 bits per heavy atom. The van der Waals surface area contributed by atoms with Gasteiger partial charge in [-0.3, -0.25) is 9.69 Å². The minimum absolute atomic E-state index is 0. The van der Waals surface area contributed by atoms with Gasteiger partial charge in [0.2, 0.25) is 0 Å². The van der Waals surface area contributed by atoms with Gasteiger partial charge in [-0.2, -0.15) is 0 Å². The van der Waals surface area contributed by atoms with Crippen molar-refractivity contribution in [3.8, 4) is 5.75 Å². The first kappa shape index (κ1) is 22.5. The number of thiazole rings is 2. The molecule has 3 aromatic rings. The number of ether oxygens (including phenoxy) is 1.